The molecule has 0 heterocycles. The summed E-state index contributed by atoms with van der Waals surface area (Å²) in [5.74, 6) is 0.684. The molecule has 0 atom stereocenters. The molecule has 0 aromatic heterocycles. The van der Waals surface area contributed by atoms with Crippen LogP contribution >= 0.6 is 23.2 Å². The molecule has 0 unspecified atom stereocenters. The topological polar surface area (TPSA) is 35.2 Å². The van der Waals surface area contributed by atoms with Crippen molar-refractivity contribution in [1.29, 1.82) is 0 Å². The van der Waals surface area contributed by atoms with Crippen LogP contribution < -0.4 is 10.5 Å². The Hall–Kier alpha value is -0.440. The van der Waals surface area contributed by atoms with Crippen molar-refractivity contribution in [2.45, 2.75) is 37.7 Å². The molecule has 2 N–H and O–H groups in total. The monoisotopic (exact) mass is 273 g/mol. The standard InChI is InChI=1S/C13H17Cl2NO/c14-10-4-5-12(11(15)8-10)17-13(9-16)6-2-1-3-7-13/h4-5,8H,1-3,6-7,9,16H2. The third kappa shape index (κ3) is 3.06. The Labute approximate surface area is 112 Å². The van der Waals surface area contributed by atoms with Crippen LogP contribution in [0.4, 0.5) is 0 Å². The maximum Gasteiger partial charge on any atom is 0.138 e. The van der Waals surface area contributed by atoms with Gasteiger partial charge in [0.15, 0.2) is 0 Å². The van der Waals surface area contributed by atoms with Gasteiger partial charge >= 0.3 is 0 Å². The van der Waals surface area contributed by atoms with Crippen LogP contribution in [0, 0.1) is 0 Å². The summed E-state index contributed by atoms with van der Waals surface area (Å²) in [6.45, 7) is 0.534. The fourth-order valence-corrected chi connectivity index (χ4v) is 2.78. The lowest BCUT2D eigenvalue weighted by atomic mass is 9.84. The minimum atomic E-state index is -0.240. The quantitative estimate of drug-likeness (QED) is 0.903. The Bertz CT molecular complexity index is 389. The maximum absolute atomic E-state index is 6.12. The zero-order valence-electron chi connectivity index (χ0n) is 9.72. The Kier molecular flexibility index (Phi) is 4.18. The molecule has 0 spiro atoms. The molecule has 1 saturated carbocycles. The van der Waals surface area contributed by atoms with Crippen LogP contribution in [-0.4, -0.2) is 12.1 Å². The van der Waals surface area contributed by atoms with Crippen LogP contribution in [-0.2, 0) is 0 Å². The lowest BCUT2D eigenvalue weighted by Gasteiger charge is -2.36. The van der Waals surface area contributed by atoms with Gasteiger partial charge in [-0.1, -0.05) is 29.6 Å². The van der Waals surface area contributed by atoms with Crippen LogP contribution in [0.1, 0.15) is 32.1 Å². The molecular weight excluding hydrogens is 257 g/mol. The van der Waals surface area contributed by atoms with E-state index in [9.17, 15) is 0 Å². The summed E-state index contributed by atoms with van der Waals surface area (Å²) in [6.07, 6.45) is 5.61. The van der Waals surface area contributed by atoms with Crippen LogP contribution in [0.5, 0.6) is 5.75 Å². The normalized spacial score (nSPS) is 19.0. The first-order valence-corrected chi connectivity index (χ1v) is 6.75. The minimum Gasteiger partial charge on any atom is -0.484 e. The number of hydrogen-bond donors (Lipinski definition) is 1. The third-order valence-electron chi connectivity index (χ3n) is 3.36. The number of halogens is 2. The number of rotatable bonds is 3. The number of nitrogens with two attached hydrogens (primary N) is 1. The first-order valence-electron chi connectivity index (χ1n) is 5.99. The van der Waals surface area contributed by atoms with Gasteiger partial charge in [0.2, 0.25) is 0 Å². The second-order valence-corrected chi connectivity index (χ2v) is 5.47. The van der Waals surface area contributed by atoms with Crippen LogP contribution in [0.2, 0.25) is 10.0 Å². The summed E-state index contributed by atoms with van der Waals surface area (Å²) in [6, 6.07) is 5.30. The van der Waals surface area contributed by atoms with E-state index in [4.69, 9.17) is 33.7 Å². The van der Waals surface area contributed by atoms with Gasteiger partial charge in [0.1, 0.15) is 11.4 Å². The van der Waals surface area contributed by atoms with Crippen LogP contribution in [0.25, 0.3) is 0 Å². The first-order chi connectivity index (χ1) is 8.15. The molecule has 94 valence electrons. The zero-order valence-corrected chi connectivity index (χ0v) is 11.2. The van der Waals surface area contributed by atoms with E-state index in [-0.39, 0.29) is 5.60 Å². The predicted octanol–water partition coefficient (Wildman–Crippen LogP) is 4.03. The Morgan fingerprint density at radius 3 is 2.47 bits per heavy atom. The number of benzene rings is 1. The van der Waals surface area contributed by atoms with Gasteiger partial charge in [-0.05, 0) is 43.9 Å². The molecule has 0 radical (unpaired) electrons. The summed E-state index contributed by atoms with van der Waals surface area (Å²) in [5.41, 5.74) is 5.63. The molecule has 1 aromatic rings. The summed E-state index contributed by atoms with van der Waals surface area (Å²) < 4.78 is 6.06. The molecular formula is C13H17Cl2NO. The summed E-state index contributed by atoms with van der Waals surface area (Å²) in [5, 5.41) is 1.17. The van der Waals surface area contributed by atoms with E-state index in [0.717, 1.165) is 12.8 Å². The van der Waals surface area contributed by atoms with E-state index in [1.54, 1.807) is 12.1 Å². The average Bonchev–Trinajstić information content (AvgIpc) is 2.34. The molecule has 2 rings (SSSR count). The van der Waals surface area contributed by atoms with Gasteiger partial charge < -0.3 is 10.5 Å². The minimum absolute atomic E-state index is 0.240. The molecule has 0 amide bonds. The highest BCUT2D eigenvalue weighted by atomic mass is 35.5. The lowest BCUT2D eigenvalue weighted by Crippen LogP contribution is -2.45. The average molecular weight is 274 g/mol. The van der Waals surface area contributed by atoms with Crippen molar-refractivity contribution < 1.29 is 4.74 Å². The second kappa shape index (κ2) is 5.47. The van der Waals surface area contributed by atoms with Crippen molar-refractivity contribution in [1.82, 2.24) is 0 Å². The Balaban J connectivity index is 2.17. The van der Waals surface area contributed by atoms with Crippen molar-refractivity contribution in [3.05, 3.63) is 28.2 Å². The smallest absolute Gasteiger partial charge is 0.138 e. The Morgan fingerprint density at radius 1 is 1.18 bits per heavy atom. The molecule has 1 aromatic carbocycles. The maximum atomic E-state index is 6.12. The van der Waals surface area contributed by atoms with Crippen molar-refractivity contribution in [2.24, 2.45) is 5.73 Å². The van der Waals surface area contributed by atoms with E-state index >= 15 is 0 Å². The van der Waals surface area contributed by atoms with Gasteiger partial charge in [-0.15, -0.1) is 0 Å². The summed E-state index contributed by atoms with van der Waals surface area (Å²) >= 11 is 12.0. The molecule has 0 saturated heterocycles. The van der Waals surface area contributed by atoms with Gasteiger partial charge in [0.05, 0.1) is 5.02 Å². The molecule has 1 aliphatic rings. The molecule has 2 nitrogen and oxygen atoms in total. The summed E-state index contributed by atoms with van der Waals surface area (Å²) in [4.78, 5) is 0. The van der Waals surface area contributed by atoms with E-state index in [0.29, 0.717) is 22.3 Å². The molecule has 1 fully saturated rings. The van der Waals surface area contributed by atoms with E-state index in [2.05, 4.69) is 0 Å². The van der Waals surface area contributed by atoms with Gasteiger partial charge in [0, 0.05) is 11.6 Å². The van der Waals surface area contributed by atoms with Gasteiger partial charge in [-0.25, -0.2) is 0 Å². The molecule has 4 heteroatoms. The fraction of sp³-hybridized carbons (Fsp3) is 0.538. The third-order valence-corrected chi connectivity index (χ3v) is 3.89. The van der Waals surface area contributed by atoms with Crippen LogP contribution in [0.15, 0.2) is 18.2 Å². The molecule has 17 heavy (non-hydrogen) atoms. The van der Waals surface area contributed by atoms with Crippen molar-refractivity contribution in [3.63, 3.8) is 0 Å². The van der Waals surface area contributed by atoms with E-state index in [1.165, 1.54) is 19.3 Å². The number of hydrogen-bond acceptors (Lipinski definition) is 2. The highest BCUT2D eigenvalue weighted by Crippen LogP contribution is 2.36. The Morgan fingerprint density at radius 2 is 1.88 bits per heavy atom. The van der Waals surface area contributed by atoms with Crippen molar-refractivity contribution in [2.75, 3.05) is 6.54 Å². The van der Waals surface area contributed by atoms with Gasteiger partial charge in [-0.2, -0.15) is 0 Å². The second-order valence-electron chi connectivity index (χ2n) is 4.62. The molecule has 0 aliphatic heterocycles. The number of ether oxygens (including phenoxy) is 1. The lowest BCUT2D eigenvalue weighted by molar-refractivity contribution is 0.0388. The first kappa shape index (κ1) is 13.0. The predicted molar refractivity (Wildman–Crippen MR) is 72.0 cm³/mol. The highest BCUT2D eigenvalue weighted by molar-refractivity contribution is 6.35. The largest absolute Gasteiger partial charge is 0.484 e. The summed E-state index contributed by atoms with van der Waals surface area (Å²) in [7, 11) is 0. The van der Waals surface area contributed by atoms with Gasteiger partial charge in [0.25, 0.3) is 0 Å². The molecule has 1 aliphatic carbocycles. The van der Waals surface area contributed by atoms with Crippen molar-refractivity contribution >= 4 is 23.2 Å². The van der Waals surface area contributed by atoms with Crippen LogP contribution in [0.3, 0.4) is 0 Å². The van der Waals surface area contributed by atoms with E-state index < -0.39 is 0 Å². The van der Waals surface area contributed by atoms with Gasteiger partial charge in [-0.3, -0.25) is 0 Å². The van der Waals surface area contributed by atoms with E-state index in [1.807, 2.05) is 6.07 Å². The zero-order chi connectivity index (χ0) is 12.3. The fourth-order valence-electron chi connectivity index (χ4n) is 2.34. The van der Waals surface area contributed by atoms with Crippen molar-refractivity contribution in [3.8, 4) is 5.75 Å². The SMILES string of the molecule is NCC1(Oc2ccc(Cl)cc2Cl)CCCCC1. The molecule has 0 bridgehead atoms. The highest BCUT2D eigenvalue weighted by Gasteiger charge is 2.33.